The van der Waals surface area contributed by atoms with Gasteiger partial charge in [-0.25, -0.2) is 0 Å². The summed E-state index contributed by atoms with van der Waals surface area (Å²) in [6, 6.07) is -0.202. The maximum absolute atomic E-state index is 13.9. The molecule has 12 heteroatoms. The zero-order valence-electron chi connectivity index (χ0n) is 29.6. The standard InChI is InChI=1S/C34H57NO11/c1-16-14-34(9)30(45-32-25(37)23(35(10)11)13-17(2)41-32)19(4)27(43-24-15-33(8,40-12)29(38)22(7)42-24)20(5)31(39)44-28(21(6)36)18(3)26(16)46-34/h17-20,22-25,27-30,32,37-38H,13-15H2,1-12H3/t17?,18-,19-,20+,22?,23?,24-,25?,27-,28+,29-,30+,32-,33?,34-/m0/s1. The van der Waals surface area contributed by atoms with E-state index in [1.165, 1.54) is 14.0 Å². The molecule has 2 N–H and O–H groups in total. The number of ether oxygens (including phenoxy) is 7. The molecule has 0 aromatic heterocycles. The summed E-state index contributed by atoms with van der Waals surface area (Å²) in [6.45, 7) is 16.2. The predicted octanol–water partition coefficient (Wildman–Crippen LogP) is 2.96. The van der Waals surface area contributed by atoms with Crippen LogP contribution in [0.15, 0.2) is 11.3 Å². The van der Waals surface area contributed by atoms with Crippen molar-refractivity contribution in [1.82, 2.24) is 4.90 Å². The van der Waals surface area contributed by atoms with Gasteiger partial charge < -0.3 is 48.3 Å². The molecule has 5 unspecified atom stereocenters. The highest BCUT2D eigenvalue weighted by Crippen LogP contribution is 2.47. The number of hydrogen-bond acceptors (Lipinski definition) is 12. The molecule has 0 aromatic rings. The molecule has 15 atom stereocenters. The topological polar surface area (TPSA) is 142 Å². The molecule has 4 heterocycles. The van der Waals surface area contributed by atoms with Crippen molar-refractivity contribution in [1.29, 1.82) is 0 Å². The molecule has 0 aliphatic carbocycles. The van der Waals surface area contributed by atoms with E-state index in [4.69, 9.17) is 33.2 Å². The minimum Gasteiger partial charge on any atom is -0.488 e. The Morgan fingerprint density at radius 3 is 2.26 bits per heavy atom. The number of carbonyl (C=O) groups excluding carboxylic acids is 2. The zero-order chi connectivity index (χ0) is 34.5. The fraction of sp³-hybridized carbons (Fsp3) is 0.882. The first-order valence-corrected chi connectivity index (χ1v) is 16.6. The second kappa shape index (κ2) is 14.1. The summed E-state index contributed by atoms with van der Waals surface area (Å²) in [5, 5.41) is 22.3. The number of aliphatic hydroxyl groups is 2. The summed E-state index contributed by atoms with van der Waals surface area (Å²) in [5.41, 5.74) is -1.01. The maximum Gasteiger partial charge on any atom is 0.312 e. The quantitative estimate of drug-likeness (QED) is 0.390. The van der Waals surface area contributed by atoms with Crippen LogP contribution in [0.3, 0.4) is 0 Å². The number of ketones is 1. The van der Waals surface area contributed by atoms with Crippen LogP contribution in [0.2, 0.25) is 0 Å². The van der Waals surface area contributed by atoms with Crippen molar-refractivity contribution in [3.05, 3.63) is 11.3 Å². The first-order valence-electron chi connectivity index (χ1n) is 16.6. The number of esters is 1. The summed E-state index contributed by atoms with van der Waals surface area (Å²) >= 11 is 0. The minimum atomic E-state index is -1.06. The van der Waals surface area contributed by atoms with Crippen LogP contribution in [-0.4, -0.2) is 121 Å². The van der Waals surface area contributed by atoms with Crippen molar-refractivity contribution >= 4 is 11.8 Å². The zero-order valence-corrected chi connectivity index (χ0v) is 29.6. The Bertz CT molecular complexity index is 1150. The Hall–Kier alpha value is -1.64. The smallest absolute Gasteiger partial charge is 0.312 e. The highest BCUT2D eigenvalue weighted by Gasteiger charge is 2.55. The van der Waals surface area contributed by atoms with Gasteiger partial charge in [0.2, 0.25) is 0 Å². The first kappa shape index (κ1) is 37.2. The summed E-state index contributed by atoms with van der Waals surface area (Å²) in [4.78, 5) is 28.7. The Balaban J connectivity index is 1.79. The van der Waals surface area contributed by atoms with Crippen LogP contribution >= 0.6 is 0 Å². The summed E-state index contributed by atoms with van der Waals surface area (Å²) in [5.74, 6) is -2.26. The molecule has 3 fully saturated rings. The lowest BCUT2D eigenvalue weighted by Crippen LogP contribution is -2.60. The van der Waals surface area contributed by atoms with Crippen molar-refractivity contribution in [2.45, 2.75) is 154 Å². The van der Waals surface area contributed by atoms with Crippen molar-refractivity contribution in [2.75, 3.05) is 21.2 Å². The Morgan fingerprint density at radius 2 is 1.67 bits per heavy atom. The number of carbonyl (C=O) groups is 2. The number of aliphatic hydroxyl groups excluding tert-OH is 2. The van der Waals surface area contributed by atoms with E-state index in [1.54, 1.807) is 20.8 Å². The number of methoxy groups -OCH3 is 1. The number of rotatable bonds is 7. The van der Waals surface area contributed by atoms with Gasteiger partial charge >= 0.3 is 5.97 Å². The van der Waals surface area contributed by atoms with Crippen LogP contribution in [-0.2, 0) is 42.7 Å². The molecule has 264 valence electrons. The molecule has 0 spiro atoms. The van der Waals surface area contributed by atoms with Crippen molar-refractivity contribution in [3.63, 3.8) is 0 Å². The lowest BCUT2D eigenvalue weighted by Gasteiger charge is -2.48. The van der Waals surface area contributed by atoms with E-state index in [-0.39, 0.29) is 24.3 Å². The molecule has 3 saturated heterocycles. The molecule has 4 rings (SSSR count). The predicted molar refractivity (Wildman–Crippen MR) is 167 cm³/mol. The lowest BCUT2D eigenvalue weighted by atomic mass is 9.79. The van der Waals surface area contributed by atoms with Gasteiger partial charge in [-0.15, -0.1) is 0 Å². The number of fused-ring (bicyclic) bond motifs is 2. The van der Waals surface area contributed by atoms with Gasteiger partial charge in [-0.3, -0.25) is 9.59 Å². The Labute approximate surface area is 274 Å². The van der Waals surface area contributed by atoms with Crippen molar-refractivity contribution in [2.24, 2.45) is 17.8 Å². The largest absolute Gasteiger partial charge is 0.488 e. The summed E-state index contributed by atoms with van der Waals surface area (Å²) in [6.07, 6.45) is -5.84. The van der Waals surface area contributed by atoms with Gasteiger partial charge in [-0.1, -0.05) is 13.8 Å². The normalized spacial score (nSPS) is 47.3. The molecule has 0 aromatic carbocycles. The highest BCUT2D eigenvalue weighted by molar-refractivity contribution is 5.84. The molecular formula is C34H57NO11. The van der Waals surface area contributed by atoms with E-state index in [2.05, 4.69) is 0 Å². The molecule has 2 bridgehead atoms. The second-order valence-corrected chi connectivity index (χ2v) is 14.8. The van der Waals surface area contributed by atoms with Crippen LogP contribution in [0.4, 0.5) is 0 Å². The van der Waals surface area contributed by atoms with Gasteiger partial charge in [-0.05, 0) is 74.6 Å². The molecule has 0 amide bonds. The number of hydrogen-bond donors (Lipinski definition) is 2. The van der Waals surface area contributed by atoms with E-state index < -0.39 is 84.1 Å². The van der Waals surface area contributed by atoms with Crippen molar-refractivity contribution in [3.8, 4) is 0 Å². The Morgan fingerprint density at radius 1 is 1.02 bits per heavy atom. The number of cyclic esters (lactones) is 1. The third kappa shape index (κ3) is 7.19. The van der Waals surface area contributed by atoms with Crippen molar-refractivity contribution < 1.29 is 53.0 Å². The molecule has 46 heavy (non-hydrogen) atoms. The van der Waals surface area contributed by atoms with E-state index in [0.717, 1.165) is 5.57 Å². The van der Waals surface area contributed by atoms with E-state index in [9.17, 15) is 19.8 Å². The molecule has 0 saturated carbocycles. The molecule has 4 aliphatic heterocycles. The SMILES string of the molecule is COC1(C)C[C@H](O[C@H]2[C@H](C)[C@@H](O[C@@H]3OC(C)CC(N(C)C)C3O)[C@]3(C)CC(C)=C(O3)[C@H](C)[C@H](C(C)=O)OC(=O)[C@@H]2C)OC(C)[C@@H]1O. The fourth-order valence-electron chi connectivity index (χ4n) is 7.93. The van der Waals surface area contributed by atoms with Crippen LogP contribution in [0.1, 0.15) is 81.6 Å². The van der Waals surface area contributed by atoms with Crippen LogP contribution < -0.4 is 0 Å². The van der Waals surface area contributed by atoms with Crippen LogP contribution in [0, 0.1) is 17.8 Å². The van der Waals surface area contributed by atoms with Gasteiger partial charge in [0.15, 0.2) is 24.5 Å². The highest BCUT2D eigenvalue weighted by atomic mass is 16.7. The van der Waals surface area contributed by atoms with Gasteiger partial charge in [0.1, 0.15) is 29.7 Å². The number of nitrogens with zero attached hydrogens (tertiary/aromatic N) is 1. The van der Waals surface area contributed by atoms with Gasteiger partial charge in [-0.2, -0.15) is 0 Å². The van der Waals surface area contributed by atoms with Gasteiger partial charge in [0, 0.05) is 31.9 Å². The number of likely N-dealkylation sites (N-methyl/N-ethyl adjacent to an activating group) is 1. The first-order chi connectivity index (χ1) is 21.3. The fourth-order valence-corrected chi connectivity index (χ4v) is 7.93. The average molecular weight is 656 g/mol. The summed E-state index contributed by atoms with van der Waals surface area (Å²) in [7, 11) is 5.36. The van der Waals surface area contributed by atoms with Gasteiger partial charge in [0.25, 0.3) is 0 Å². The third-order valence-corrected chi connectivity index (χ3v) is 10.7. The minimum absolute atomic E-state index is 0.181. The molecule has 12 nitrogen and oxygen atoms in total. The molecule has 0 radical (unpaired) electrons. The van der Waals surface area contributed by atoms with E-state index in [1.807, 2.05) is 53.6 Å². The third-order valence-electron chi connectivity index (χ3n) is 10.7. The van der Waals surface area contributed by atoms with Crippen LogP contribution in [0.25, 0.3) is 0 Å². The average Bonchev–Trinajstić information content (AvgIpc) is 3.29. The van der Waals surface area contributed by atoms with Gasteiger partial charge in [0.05, 0.1) is 35.7 Å². The van der Waals surface area contributed by atoms with E-state index in [0.29, 0.717) is 18.6 Å². The summed E-state index contributed by atoms with van der Waals surface area (Å²) < 4.78 is 44.2. The van der Waals surface area contributed by atoms with E-state index >= 15 is 0 Å². The molecule has 4 aliphatic rings. The second-order valence-electron chi connectivity index (χ2n) is 14.8. The molecular weight excluding hydrogens is 598 g/mol. The number of Topliss-reactive ketones (excluding diaryl/α,β-unsaturated/α-hetero) is 1. The Kier molecular flexibility index (Phi) is 11.4. The lowest BCUT2D eigenvalue weighted by molar-refractivity contribution is -0.316. The van der Waals surface area contributed by atoms with Crippen LogP contribution in [0.5, 0.6) is 0 Å². The maximum atomic E-state index is 13.9. The monoisotopic (exact) mass is 655 g/mol.